The highest BCUT2D eigenvalue weighted by molar-refractivity contribution is 6.07. The van der Waals surface area contributed by atoms with Crippen molar-refractivity contribution in [2.24, 2.45) is 0 Å². The third-order valence-electron chi connectivity index (χ3n) is 5.20. The van der Waals surface area contributed by atoms with Crippen molar-refractivity contribution >= 4 is 29.3 Å². The zero-order valence-corrected chi connectivity index (χ0v) is 15.6. The molecule has 0 bridgehead atoms. The van der Waals surface area contributed by atoms with Gasteiger partial charge in [-0.3, -0.25) is 9.69 Å². The average Bonchev–Trinajstić information content (AvgIpc) is 3.12. The number of carbonyl (C=O) groups excluding carboxylic acids is 3. The Balaban J connectivity index is 1.68. The van der Waals surface area contributed by atoms with Gasteiger partial charge in [-0.15, -0.1) is 0 Å². The summed E-state index contributed by atoms with van der Waals surface area (Å²) in [5.74, 6) is -0.279. The Labute approximate surface area is 153 Å². The van der Waals surface area contributed by atoms with E-state index in [1.165, 1.54) is 7.05 Å². The van der Waals surface area contributed by atoms with Crippen LogP contribution < -0.4 is 15.5 Å². The number of carbonyl (C=O) groups is 3. The third-order valence-corrected chi connectivity index (χ3v) is 5.20. The molecule has 8 nitrogen and oxygen atoms in total. The number of hydrogen-bond donors (Lipinski definition) is 2. The van der Waals surface area contributed by atoms with E-state index < -0.39 is 11.6 Å². The van der Waals surface area contributed by atoms with Crippen molar-refractivity contribution in [2.75, 3.05) is 37.4 Å². The van der Waals surface area contributed by atoms with E-state index in [2.05, 4.69) is 29.4 Å². The number of nitrogens with zero attached hydrogens (tertiary/aromatic N) is 3. The molecule has 8 heteroatoms. The van der Waals surface area contributed by atoms with Crippen molar-refractivity contribution in [1.29, 1.82) is 0 Å². The monoisotopic (exact) mass is 359 g/mol. The molecule has 26 heavy (non-hydrogen) atoms. The Morgan fingerprint density at radius 3 is 2.69 bits per heavy atom. The number of rotatable bonds is 3. The van der Waals surface area contributed by atoms with Crippen molar-refractivity contribution in [2.45, 2.75) is 31.8 Å². The lowest BCUT2D eigenvalue weighted by atomic mass is 9.99. The number of imide groups is 1. The van der Waals surface area contributed by atoms with Crippen LogP contribution in [0.1, 0.15) is 20.3 Å². The van der Waals surface area contributed by atoms with Gasteiger partial charge in [0.1, 0.15) is 5.54 Å². The van der Waals surface area contributed by atoms with E-state index in [4.69, 9.17) is 0 Å². The molecule has 0 radical (unpaired) electrons. The van der Waals surface area contributed by atoms with Crippen LogP contribution in [0.4, 0.5) is 21.0 Å². The van der Waals surface area contributed by atoms with Crippen LogP contribution in [0.2, 0.25) is 0 Å². The lowest BCUT2D eigenvalue weighted by Gasteiger charge is -2.25. The fraction of sp³-hybridized carbons (Fsp3) is 0.500. The molecule has 0 saturated carbocycles. The average molecular weight is 359 g/mol. The smallest absolute Gasteiger partial charge is 0.324 e. The summed E-state index contributed by atoms with van der Waals surface area (Å²) in [6.45, 7) is 4.79. The predicted molar refractivity (Wildman–Crippen MR) is 99.2 cm³/mol. The Morgan fingerprint density at radius 1 is 1.35 bits per heavy atom. The Kier molecular flexibility index (Phi) is 4.52. The second-order valence-corrected chi connectivity index (χ2v) is 7.23. The van der Waals surface area contributed by atoms with Crippen molar-refractivity contribution in [1.82, 2.24) is 15.1 Å². The van der Waals surface area contributed by atoms with Gasteiger partial charge in [0.05, 0.1) is 6.54 Å². The molecule has 1 atom stereocenters. The van der Waals surface area contributed by atoms with Crippen LogP contribution in [0.5, 0.6) is 0 Å². The van der Waals surface area contributed by atoms with Crippen molar-refractivity contribution < 1.29 is 14.4 Å². The standard InChI is InChI=1S/C18H25N5O3/c1-12(2)21(3)14-7-5-6-13(10-14)19-16(25)23-9-8-18(11-23)15(24)22(4)17(26)20-18/h5-7,10,12H,8-9,11H2,1-4H3,(H,19,25)(H,20,26). The van der Waals surface area contributed by atoms with E-state index in [0.717, 1.165) is 10.6 Å². The highest BCUT2D eigenvalue weighted by Gasteiger charge is 2.54. The van der Waals surface area contributed by atoms with E-state index >= 15 is 0 Å². The molecule has 1 aromatic rings. The number of likely N-dealkylation sites (tertiary alicyclic amines) is 1. The first-order valence-corrected chi connectivity index (χ1v) is 8.73. The summed E-state index contributed by atoms with van der Waals surface area (Å²) in [4.78, 5) is 41.4. The van der Waals surface area contributed by atoms with Crippen LogP contribution in [0.15, 0.2) is 24.3 Å². The maximum absolute atomic E-state index is 12.6. The van der Waals surface area contributed by atoms with Gasteiger partial charge < -0.3 is 20.4 Å². The van der Waals surface area contributed by atoms with E-state index in [0.29, 0.717) is 24.7 Å². The van der Waals surface area contributed by atoms with Gasteiger partial charge in [0, 0.05) is 38.1 Å². The minimum atomic E-state index is -0.983. The minimum absolute atomic E-state index is 0.180. The molecule has 2 fully saturated rings. The molecule has 2 aliphatic rings. The van der Waals surface area contributed by atoms with Crippen LogP contribution in [0, 0.1) is 0 Å². The summed E-state index contributed by atoms with van der Waals surface area (Å²) >= 11 is 0. The molecule has 2 aliphatic heterocycles. The number of nitrogens with one attached hydrogen (secondary N) is 2. The van der Waals surface area contributed by atoms with Crippen LogP contribution in [-0.2, 0) is 4.79 Å². The van der Waals surface area contributed by atoms with Gasteiger partial charge in [0.25, 0.3) is 5.91 Å². The molecule has 2 N–H and O–H groups in total. The molecular formula is C18H25N5O3. The molecule has 5 amide bonds. The molecule has 1 unspecified atom stereocenters. The SMILES string of the molecule is CC(C)N(C)c1cccc(NC(=O)N2CCC3(C2)NC(=O)N(C)C3=O)c1. The molecule has 1 aromatic carbocycles. The summed E-state index contributed by atoms with van der Waals surface area (Å²) < 4.78 is 0. The topological polar surface area (TPSA) is 85.0 Å². The summed E-state index contributed by atoms with van der Waals surface area (Å²) in [6, 6.07) is 7.28. The lowest BCUT2D eigenvalue weighted by Crippen LogP contribution is -2.50. The quantitative estimate of drug-likeness (QED) is 0.805. The number of likely N-dealkylation sites (N-methyl/N-ethyl adjacent to an activating group) is 1. The summed E-state index contributed by atoms with van der Waals surface area (Å²) in [5.41, 5.74) is 0.721. The zero-order chi connectivity index (χ0) is 19.1. The highest BCUT2D eigenvalue weighted by atomic mass is 16.2. The minimum Gasteiger partial charge on any atom is -0.372 e. The predicted octanol–water partition coefficient (Wildman–Crippen LogP) is 1.69. The fourth-order valence-electron chi connectivity index (χ4n) is 3.32. The van der Waals surface area contributed by atoms with Gasteiger partial charge >= 0.3 is 12.1 Å². The number of benzene rings is 1. The largest absolute Gasteiger partial charge is 0.372 e. The van der Waals surface area contributed by atoms with E-state index in [1.807, 2.05) is 31.3 Å². The van der Waals surface area contributed by atoms with Crippen LogP contribution >= 0.6 is 0 Å². The van der Waals surface area contributed by atoms with Crippen LogP contribution in [0.25, 0.3) is 0 Å². The van der Waals surface area contributed by atoms with Crippen LogP contribution in [-0.4, -0.2) is 66.5 Å². The molecule has 2 saturated heterocycles. The molecule has 0 aliphatic carbocycles. The van der Waals surface area contributed by atoms with Gasteiger partial charge in [-0.2, -0.15) is 0 Å². The van der Waals surface area contributed by atoms with E-state index in [-0.39, 0.29) is 18.5 Å². The third kappa shape index (κ3) is 3.07. The van der Waals surface area contributed by atoms with Gasteiger partial charge in [-0.1, -0.05) is 6.07 Å². The molecular weight excluding hydrogens is 334 g/mol. The van der Waals surface area contributed by atoms with Gasteiger partial charge in [0.2, 0.25) is 0 Å². The van der Waals surface area contributed by atoms with Crippen molar-refractivity contribution in [3.63, 3.8) is 0 Å². The summed E-state index contributed by atoms with van der Waals surface area (Å²) in [6.07, 6.45) is 0.422. The summed E-state index contributed by atoms with van der Waals surface area (Å²) in [7, 11) is 3.45. The molecule has 1 spiro atoms. The second-order valence-electron chi connectivity index (χ2n) is 7.23. The number of urea groups is 2. The van der Waals surface area contributed by atoms with Gasteiger partial charge in [0.15, 0.2) is 0 Å². The van der Waals surface area contributed by atoms with Crippen molar-refractivity contribution in [3.8, 4) is 0 Å². The maximum Gasteiger partial charge on any atom is 0.324 e. The van der Waals surface area contributed by atoms with E-state index in [9.17, 15) is 14.4 Å². The van der Waals surface area contributed by atoms with Gasteiger partial charge in [-0.05, 0) is 38.5 Å². The Hall–Kier alpha value is -2.77. The second kappa shape index (κ2) is 6.51. The number of anilines is 2. The number of amides is 5. The first-order valence-electron chi connectivity index (χ1n) is 8.73. The maximum atomic E-state index is 12.6. The molecule has 140 valence electrons. The molecule has 3 rings (SSSR count). The Bertz CT molecular complexity index is 750. The zero-order valence-electron chi connectivity index (χ0n) is 15.6. The van der Waals surface area contributed by atoms with Crippen molar-refractivity contribution in [3.05, 3.63) is 24.3 Å². The lowest BCUT2D eigenvalue weighted by molar-refractivity contribution is -0.129. The molecule has 0 aromatic heterocycles. The number of hydrogen-bond acceptors (Lipinski definition) is 4. The van der Waals surface area contributed by atoms with Crippen LogP contribution in [0.3, 0.4) is 0 Å². The first kappa shape index (κ1) is 18.0. The first-order chi connectivity index (χ1) is 12.2. The molecule has 2 heterocycles. The summed E-state index contributed by atoms with van der Waals surface area (Å²) in [5, 5.41) is 5.61. The Morgan fingerprint density at radius 2 is 2.08 bits per heavy atom. The van der Waals surface area contributed by atoms with E-state index in [1.54, 1.807) is 4.90 Å². The van der Waals surface area contributed by atoms with Gasteiger partial charge in [-0.25, -0.2) is 9.59 Å². The highest BCUT2D eigenvalue weighted by Crippen LogP contribution is 2.28. The fourth-order valence-corrected chi connectivity index (χ4v) is 3.32. The normalized spacial score (nSPS) is 22.3.